The molecule has 8 nitrogen and oxygen atoms in total. The molecule has 2 heterocycles. The molecule has 34 heavy (non-hydrogen) atoms. The summed E-state index contributed by atoms with van der Waals surface area (Å²) in [6.45, 7) is 6.89. The maximum atomic E-state index is 12.7. The van der Waals surface area contributed by atoms with Crippen LogP contribution in [0.25, 0.3) is 0 Å². The van der Waals surface area contributed by atoms with Crippen molar-refractivity contribution in [3.8, 4) is 5.75 Å². The minimum atomic E-state index is -1.27. The summed E-state index contributed by atoms with van der Waals surface area (Å²) in [7, 11) is 0. The van der Waals surface area contributed by atoms with E-state index in [0.29, 0.717) is 36.6 Å². The average Bonchev–Trinajstić information content (AvgIpc) is 3.33. The van der Waals surface area contributed by atoms with E-state index in [1.807, 2.05) is 45.0 Å². The Morgan fingerprint density at radius 3 is 2.47 bits per heavy atom. The molecule has 3 amide bonds. The van der Waals surface area contributed by atoms with Crippen LogP contribution in [0.15, 0.2) is 46.9 Å². The lowest BCUT2D eigenvalue weighted by Crippen LogP contribution is -2.35. The molecule has 0 saturated carbocycles. The number of ether oxygens (including phenoxy) is 2. The number of imide groups is 1. The van der Waals surface area contributed by atoms with Gasteiger partial charge in [-0.2, -0.15) is 0 Å². The number of carbonyl (C=O) groups is 3. The maximum absolute atomic E-state index is 12.7. The number of halogens is 1. The molecule has 0 spiro atoms. The number of hydrogen-bond acceptors (Lipinski definition) is 5. The molecule has 1 N–H and O–H groups in total. The molecule has 4 rings (SSSR count). The van der Waals surface area contributed by atoms with Crippen LogP contribution < -0.4 is 4.74 Å². The van der Waals surface area contributed by atoms with E-state index in [9.17, 15) is 19.5 Å². The Bertz CT molecular complexity index is 1110. The topological polar surface area (TPSA) is 96.4 Å². The number of amides is 3. The summed E-state index contributed by atoms with van der Waals surface area (Å²) in [5.41, 5.74) is 1.51. The minimum absolute atomic E-state index is 0.00756. The Morgan fingerprint density at radius 1 is 1.12 bits per heavy atom. The zero-order valence-electron chi connectivity index (χ0n) is 19.3. The van der Waals surface area contributed by atoms with Gasteiger partial charge in [-0.25, -0.2) is 14.5 Å². The first-order valence-corrected chi connectivity index (χ1v) is 11.8. The van der Waals surface area contributed by atoms with Crippen molar-refractivity contribution in [2.75, 3.05) is 19.7 Å². The van der Waals surface area contributed by atoms with Gasteiger partial charge in [-0.05, 0) is 56.2 Å². The number of hydrogen-bond donors (Lipinski definition) is 1. The summed E-state index contributed by atoms with van der Waals surface area (Å²) in [4.78, 5) is 38.9. The van der Waals surface area contributed by atoms with Gasteiger partial charge in [0.15, 0.2) is 0 Å². The molecule has 0 aromatic heterocycles. The number of likely N-dealkylation sites (tertiary alicyclic amines) is 1. The molecule has 1 saturated heterocycles. The van der Waals surface area contributed by atoms with Crippen molar-refractivity contribution in [3.63, 3.8) is 0 Å². The van der Waals surface area contributed by atoms with Crippen LogP contribution in [0.4, 0.5) is 9.59 Å². The molecule has 0 aliphatic carbocycles. The molecule has 9 heteroatoms. The smallest absolute Gasteiger partial charge is 0.414 e. The summed E-state index contributed by atoms with van der Waals surface area (Å²) in [5, 5.41) is 9.20. The molecule has 2 aliphatic rings. The zero-order chi connectivity index (χ0) is 24.6. The average molecular weight is 531 g/mol. The zero-order valence-corrected chi connectivity index (χ0v) is 20.9. The Morgan fingerprint density at radius 2 is 1.82 bits per heavy atom. The summed E-state index contributed by atoms with van der Waals surface area (Å²) < 4.78 is 12.6. The molecule has 2 aliphatic heterocycles. The van der Waals surface area contributed by atoms with E-state index in [4.69, 9.17) is 9.47 Å². The second-order valence-corrected chi connectivity index (χ2v) is 10.5. The fourth-order valence-electron chi connectivity index (χ4n) is 4.33. The number of rotatable bonds is 4. The number of carboxylic acid groups (broad SMARTS) is 1. The van der Waals surface area contributed by atoms with Gasteiger partial charge in [0, 0.05) is 35.0 Å². The van der Waals surface area contributed by atoms with Crippen LogP contribution in [-0.2, 0) is 11.3 Å². The molecule has 2 aromatic carbocycles. The summed E-state index contributed by atoms with van der Waals surface area (Å²) in [6.07, 6.45) is -1.62. The van der Waals surface area contributed by atoms with Gasteiger partial charge in [0.1, 0.15) is 11.4 Å². The van der Waals surface area contributed by atoms with Crippen LogP contribution in [0, 0.1) is 5.92 Å². The van der Waals surface area contributed by atoms with Crippen LogP contribution >= 0.6 is 15.9 Å². The first-order chi connectivity index (χ1) is 16.0. The molecular weight excluding hydrogens is 504 g/mol. The highest BCUT2D eigenvalue weighted by Crippen LogP contribution is 2.35. The first kappa shape index (κ1) is 24.1. The highest BCUT2D eigenvalue weighted by Gasteiger charge is 2.38. The number of carbonyl (C=O) groups excluding carboxylic acids is 2. The summed E-state index contributed by atoms with van der Waals surface area (Å²) >= 11 is 3.46. The van der Waals surface area contributed by atoms with Crippen LogP contribution in [0.2, 0.25) is 0 Å². The van der Waals surface area contributed by atoms with Crippen molar-refractivity contribution < 1.29 is 29.0 Å². The fourth-order valence-corrected chi connectivity index (χ4v) is 4.60. The maximum Gasteiger partial charge on any atom is 0.414 e. The monoisotopic (exact) mass is 530 g/mol. The fraction of sp³-hybridized carbons (Fsp3) is 0.400. The molecule has 1 fully saturated rings. The number of benzene rings is 2. The van der Waals surface area contributed by atoms with Gasteiger partial charge in [-0.15, -0.1) is 0 Å². The molecule has 2 aromatic rings. The van der Waals surface area contributed by atoms with Crippen molar-refractivity contribution in [3.05, 3.63) is 63.6 Å². The van der Waals surface area contributed by atoms with Crippen LogP contribution in [-0.4, -0.2) is 58.3 Å². The molecule has 2 atom stereocenters. The SMILES string of the molecule is CC(C)(C)OC(=O)N1C[C@@H](COc2ccc3c(c2)C(=O)N(C(=O)O)C3)[C@H](c2ccc(Br)cc2)C1. The largest absolute Gasteiger partial charge is 0.493 e. The van der Waals surface area contributed by atoms with E-state index < -0.39 is 17.6 Å². The standard InChI is InChI=1S/C25H27BrN2O6/c1-25(2,3)34-24(32)27-11-17(21(13-27)15-4-7-18(26)8-5-15)14-33-19-9-6-16-12-28(23(30)31)22(29)20(16)10-19/h4-10,17,21H,11-14H2,1-3H3,(H,30,31)/t17-,21-/m0/s1. The predicted octanol–water partition coefficient (Wildman–Crippen LogP) is 5.11. The molecule has 0 unspecified atom stereocenters. The lowest BCUT2D eigenvalue weighted by atomic mass is 9.89. The lowest BCUT2D eigenvalue weighted by molar-refractivity contribution is 0.0283. The van der Waals surface area contributed by atoms with E-state index in [2.05, 4.69) is 15.9 Å². The van der Waals surface area contributed by atoms with Gasteiger partial charge in [-0.1, -0.05) is 34.1 Å². The normalized spacial score (nSPS) is 19.8. The number of fused-ring (bicyclic) bond motifs is 1. The predicted molar refractivity (Wildman–Crippen MR) is 128 cm³/mol. The lowest BCUT2D eigenvalue weighted by Gasteiger charge is -2.24. The van der Waals surface area contributed by atoms with Crippen molar-refractivity contribution in [2.45, 2.75) is 38.8 Å². The van der Waals surface area contributed by atoms with Gasteiger partial charge < -0.3 is 19.5 Å². The van der Waals surface area contributed by atoms with E-state index in [1.165, 1.54) is 0 Å². The quantitative estimate of drug-likeness (QED) is 0.589. The third kappa shape index (κ3) is 5.19. The van der Waals surface area contributed by atoms with Crippen molar-refractivity contribution >= 4 is 34.0 Å². The van der Waals surface area contributed by atoms with Gasteiger partial charge >= 0.3 is 12.2 Å². The van der Waals surface area contributed by atoms with Gasteiger partial charge in [0.05, 0.1) is 13.2 Å². The van der Waals surface area contributed by atoms with Crippen LogP contribution in [0.3, 0.4) is 0 Å². The first-order valence-electron chi connectivity index (χ1n) is 11.1. The molecule has 0 radical (unpaired) electrons. The Kier molecular flexibility index (Phi) is 6.58. The van der Waals surface area contributed by atoms with Gasteiger partial charge in [0.25, 0.3) is 5.91 Å². The van der Waals surface area contributed by atoms with Crippen LogP contribution in [0.1, 0.15) is 48.2 Å². The second-order valence-electron chi connectivity index (χ2n) is 9.61. The number of nitrogens with zero attached hydrogens (tertiary/aromatic N) is 2. The summed E-state index contributed by atoms with van der Waals surface area (Å²) in [5.74, 6) is 0.00890. The Balaban J connectivity index is 1.50. The third-order valence-corrected chi connectivity index (χ3v) is 6.50. The Labute approximate surface area is 206 Å². The van der Waals surface area contributed by atoms with Crippen molar-refractivity contribution in [1.82, 2.24) is 9.80 Å². The minimum Gasteiger partial charge on any atom is -0.493 e. The molecular formula is C25H27BrN2O6. The molecule has 180 valence electrons. The molecule has 0 bridgehead atoms. The third-order valence-electron chi connectivity index (χ3n) is 5.97. The van der Waals surface area contributed by atoms with E-state index in [-0.39, 0.29) is 24.5 Å². The highest BCUT2D eigenvalue weighted by molar-refractivity contribution is 9.10. The van der Waals surface area contributed by atoms with Gasteiger partial charge in [-0.3, -0.25) is 4.79 Å². The van der Waals surface area contributed by atoms with E-state index in [1.54, 1.807) is 23.1 Å². The van der Waals surface area contributed by atoms with Crippen molar-refractivity contribution in [1.29, 1.82) is 0 Å². The van der Waals surface area contributed by atoms with Gasteiger partial charge in [0.2, 0.25) is 0 Å². The van der Waals surface area contributed by atoms with Crippen molar-refractivity contribution in [2.24, 2.45) is 5.92 Å². The van der Waals surface area contributed by atoms with E-state index in [0.717, 1.165) is 14.9 Å². The van der Waals surface area contributed by atoms with E-state index >= 15 is 0 Å². The summed E-state index contributed by atoms with van der Waals surface area (Å²) in [6, 6.07) is 13.1. The Hall–Kier alpha value is -3.07. The highest BCUT2D eigenvalue weighted by atomic mass is 79.9. The second kappa shape index (κ2) is 9.29. The van der Waals surface area contributed by atoms with Crippen LogP contribution in [0.5, 0.6) is 5.75 Å².